The van der Waals surface area contributed by atoms with Crippen molar-refractivity contribution in [1.82, 2.24) is 9.80 Å². The number of nitrogens with zero attached hydrogens (tertiary/aromatic N) is 2. The normalized spacial score (nSPS) is 18.0. The molecule has 1 amide bonds. The Bertz CT molecular complexity index is 935. The molecule has 0 unspecified atom stereocenters. The Labute approximate surface area is 159 Å². The standard InChI is InChI=1S/C22H24N2O3/c1-23-10-11-24(20(14-23)16-6-4-3-5-7-16)22(25)12-17-15-27-21-13-18(26-2)8-9-19(17)21/h3-9,13,15,20H,10-12,14H2,1-2H3/t20-/m1/s1. The van der Waals surface area contributed by atoms with Crippen molar-refractivity contribution in [3.8, 4) is 5.75 Å². The number of ether oxygens (including phenoxy) is 1. The third kappa shape index (κ3) is 3.55. The lowest BCUT2D eigenvalue weighted by atomic mass is 10.0. The predicted octanol–water partition coefficient (Wildman–Crippen LogP) is 3.50. The molecule has 1 aromatic heterocycles. The summed E-state index contributed by atoms with van der Waals surface area (Å²) in [7, 11) is 3.74. The second-order valence-corrected chi connectivity index (χ2v) is 7.08. The van der Waals surface area contributed by atoms with Crippen LogP contribution in [0.1, 0.15) is 17.2 Å². The molecule has 27 heavy (non-hydrogen) atoms. The maximum atomic E-state index is 13.2. The van der Waals surface area contributed by atoms with Gasteiger partial charge in [0.15, 0.2) is 0 Å². The summed E-state index contributed by atoms with van der Waals surface area (Å²) in [5.41, 5.74) is 2.85. The Balaban J connectivity index is 1.58. The average molecular weight is 364 g/mol. The van der Waals surface area contributed by atoms with Gasteiger partial charge in [0.1, 0.15) is 11.3 Å². The number of carbonyl (C=O) groups excluding carboxylic acids is 1. The van der Waals surface area contributed by atoms with Gasteiger partial charge in [0, 0.05) is 36.7 Å². The fourth-order valence-corrected chi connectivity index (χ4v) is 3.77. The maximum absolute atomic E-state index is 13.2. The summed E-state index contributed by atoms with van der Waals surface area (Å²) in [5, 5.41) is 0.967. The monoisotopic (exact) mass is 364 g/mol. The van der Waals surface area contributed by atoms with Crippen molar-refractivity contribution in [2.24, 2.45) is 0 Å². The van der Waals surface area contributed by atoms with Crippen molar-refractivity contribution >= 4 is 16.9 Å². The molecule has 2 heterocycles. The number of rotatable bonds is 4. The van der Waals surface area contributed by atoms with Crippen molar-refractivity contribution in [2.75, 3.05) is 33.8 Å². The molecule has 3 aromatic rings. The number of benzene rings is 2. The van der Waals surface area contributed by atoms with Crippen LogP contribution < -0.4 is 4.74 Å². The molecule has 0 bridgehead atoms. The molecule has 0 spiro atoms. The minimum Gasteiger partial charge on any atom is -0.497 e. The van der Waals surface area contributed by atoms with Crippen LogP contribution in [0.25, 0.3) is 11.0 Å². The Morgan fingerprint density at radius 1 is 1.19 bits per heavy atom. The number of furan rings is 1. The van der Waals surface area contributed by atoms with E-state index in [4.69, 9.17) is 9.15 Å². The molecule has 2 aromatic carbocycles. The maximum Gasteiger partial charge on any atom is 0.227 e. The van der Waals surface area contributed by atoms with Gasteiger partial charge in [0.25, 0.3) is 0 Å². The Morgan fingerprint density at radius 2 is 2.00 bits per heavy atom. The molecule has 0 N–H and O–H groups in total. The molecule has 4 rings (SSSR count). The number of fused-ring (bicyclic) bond motifs is 1. The van der Waals surface area contributed by atoms with Gasteiger partial charge in [0.05, 0.1) is 25.8 Å². The molecule has 1 aliphatic heterocycles. The first-order valence-electron chi connectivity index (χ1n) is 9.23. The lowest BCUT2D eigenvalue weighted by Crippen LogP contribution is -2.49. The van der Waals surface area contributed by atoms with Crippen LogP contribution in [0.15, 0.2) is 59.2 Å². The van der Waals surface area contributed by atoms with Crippen molar-refractivity contribution in [1.29, 1.82) is 0 Å². The summed E-state index contributed by atoms with van der Waals surface area (Å²) in [6.07, 6.45) is 2.03. The van der Waals surface area contributed by atoms with Gasteiger partial charge in [-0.15, -0.1) is 0 Å². The molecule has 1 fully saturated rings. The lowest BCUT2D eigenvalue weighted by molar-refractivity contribution is -0.135. The van der Waals surface area contributed by atoms with Crippen LogP contribution in [0.2, 0.25) is 0 Å². The van der Waals surface area contributed by atoms with E-state index in [1.54, 1.807) is 13.4 Å². The molecular weight excluding hydrogens is 340 g/mol. The lowest BCUT2D eigenvalue weighted by Gasteiger charge is -2.40. The Hall–Kier alpha value is -2.79. The molecule has 140 valence electrons. The minimum absolute atomic E-state index is 0.0794. The van der Waals surface area contributed by atoms with Gasteiger partial charge in [-0.1, -0.05) is 30.3 Å². The Morgan fingerprint density at radius 3 is 2.78 bits per heavy atom. The summed E-state index contributed by atoms with van der Waals surface area (Å²) < 4.78 is 10.9. The third-order valence-corrected chi connectivity index (χ3v) is 5.29. The number of piperazine rings is 1. The van der Waals surface area contributed by atoms with Gasteiger partial charge in [-0.2, -0.15) is 0 Å². The summed E-state index contributed by atoms with van der Waals surface area (Å²) in [5.74, 6) is 0.883. The van der Waals surface area contributed by atoms with E-state index >= 15 is 0 Å². The van der Waals surface area contributed by atoms with Gasteiger partial charge >= 0.3 is 0 Å². The minimum atomic E-state index is 0.0794. The van der Waals surface area contributed by atoms with E-state index in [-0.39, 0.29) is 11.9 Å². The zero-order valence-corrected chi connectivity index (χ0v) is 15.7. The fourth-order valence-electron chi connectivity index (χ4n) is 3.77. The highest BCUT2D eigenvalue weighted by atomic mass is 16.5. The molecule has 1 saturated heterocycles. The van der Waals surface area contributed by atoms with Crippen molar-refractivity contribution < 1.29 is 13.9 Å². The zero-order chi connectivity index (χ0) is 18.8. The molecular formula is C22H24N2O3. The van der Waals surface area contributed by atoms with E-state index < -0.39 is 0 Å². The topological polar surface area (TPSA) is 45.9 Å². The van der Waals surface area contributed by atoms with Crippen LogP contribution in [0, 0.1) is 0 Å². The van der Waals surface area contributed by atoms with Crippen LogP contribution in [-0.2, 0) is 11.2 Å². The number of hydrogen-bond acceptors (Lipinski definition) is 4. The summed E-state index contributed by atoms with van der Waals surface area (Å²) in [6.45, 7) is 2.47. The summed E-state index contributed by atoms with van der Waals surface area (Å²) in [4.78, 5) is 17.5. The molecule has 0 radical (unpaired) electrons. The van der Waals surface area contributed by atoms with E-state index in [1.165, 1.54) is 5.56 Å². The average Bonchev–Trinajstić information content (AvgIpc) is 3.10. The first kappa shape index (κ1) is 17.6. The van der Waals surface area contributed by atoms with Crippen molar-refractivity contribution in [2.45, 2.75) is 12.5 Å². The molecule has 1 aliphatic rings. The van der Waals surface area contributed by atoms with E-state index in [0.29, 0.717) is 6.42 Å². The van der Waals surface area contributed by atoms with Crippen LogP contribution in [0.4, 0.5) is 0 Å². The second-order valence-electron chi connectivity index (χ2n) is 7.08. The SMILES string of the molecule is COc1ccc2c(CC(=O)N3CCN(C)C[C@@H]3c3ccccc3)coc2c1. The van der Waals surface area contributed by atoms with Crippen LogP contribution in [0.5, 0.6) is 5.75 Å². The van der Waals surface area contributed by atoms with Gasteiger partial charge < -0.3 is 19.0 Å². The molecule has 0 aliphatic carbocycles. The summed E-state index contributed by atoms with van der Waals surface area (Å²) in [6, 6.07) is 16.1. The Kier molecular flexibility index (Phi) is 4.86. The van der Waals surface area contributed by atoms with Gasteiger partial charge in [0.2, 0.25) is 5.91 Å². The van der Waals surface area contributed by atoms with E-state index in [0.717, 1.165) is 41.9 Å². The van der Waals surface area contributed by atoms with Gasteiger partial charge in [-0.05, 0) is 24.7 Å². The number of likely N-dealkylation sites (N-methyl/N-ethyl adjacent to an activating group) is 1. The molecule has 1 atom stereocenters. The van der Waals surface area contributed by atoms with Crippen molar-refractivity contribution in [3.05, 3.63) is 65.9 Å². The zero-order valence-electron chi connectivity index (χ0n) is 15.7. The van der Waals surface area contributed by atoms with Gasteiger partial charge in [-0.25, -0.2) is 0 Å². The molecule has 5 heteroatoms. The highest BCUT2D eigenvalue weighted by Gasteiger charge is 2.30. The first-order valence-corrected chi connectivity index (χ1v) is 9.23. The third-order valence-electron chi connectivity index (χ3n) is 5.29. The molecule has 5 nitrogen and oxygen atoms in total. The summed E-state index contributed by atoms with van der Waals surface area (Å²) >= 11 is 0. The fraction of sp³-hybridized carbons (Fsp3) is 0.318. The van der Waals surface area contributed by atoms with Crippen LogP contribution in [0.3, 0.4) is 0 Å². The smallest absolute Gasteiger partial charge is 0.227 e. The van der Waals surface area contributed by atoms with E-state index in [1.807, 2.05) is 41.3 Å². The number of amides is 1. The van der Waals surface area contributed by atoms with E-state index in [9.17, 15) is 4.79 Å². The van der Waals surface area contributed by atoms with E-state index in [2.05, 4.69) is 24.1 Å². The highest BCUT2D eigenvalue weighted by molar-refractivity contribution is 5.88. The second kappa shape index (κ2) is 7.45. The largest absolute Gasteiger partial charge is 0.497 e. The number of methoxy groups -OCH3 is 1. The van der Waals surface area contributed by atoms with Crippen LogP contribution >= 0.6 is 0 Å². The predicted molar refractivity (Wildman–Crippen MR) is 105 cm³/mol. The quantitative estimate of drug-likeness (QED) is 0.711. The number of hydrogen-bond donors (Lipinski definition) is 0. The van der Waals surface area contributed by atoms with Crippen LogP contribution in [-0.4, -0.2) is 49.5 Å². The highest BCUT2D eigenvalue weighted by Crippen LogP contribution is 2.29. The molecule has 0 saturated carbocycles. The number of carbonyl (C=O) groups is 1. The van der Waals surface area contributed by atoms with Crippen molar-refractivity contribution in [3.63, 3.8) is 0 Å². The first-order chi connectivity index (χ1) is 13.2. The van der Waals surface area contributed by atoms with Gasteiger partial charge in [-0.3, -0.25) is 4.79 Å².